The molecule has 0 saturated heterocycles. The third kappa shape index (κ3) is 6.93. The molecule has 0 aliphatic carbocycles. The van der Waals surface area contributed by atoms with Gasteiger partial charge in [0, 0.05) is 11.9 Å². The lowest BCUT2D eigenvalue weighted by Crippen LogP contribution is -2.13. The van der Waals surface area contributed by atoms with E-state index in [1.807, 2.05) is 5.38 Å². The molecule has 0 atom stereocenters. The van der Waals surface area contributed by atoms with Crippen molar-refractivity contribution in [3.05, 3.63) is 16.1 Å². The van der Waals surface area contributed by atoms with Crippen molar-refractivity contribution >= 4 is 11.3 Å². The van der Waals surface area contributed by atoms with Crippen LogP contribution < -0.4 is 5.32 Å². The van der Waals surface area contributed by atoms with E-state index < -0.39 is 12.6 Å². The van der Waals surface area contributed by atoms with E-state index in [1.165, 1.54) is 11.3 Å². The van der Waals surface area contributed by atoms with Crippen molar-refractivity contribution < 1.29 is 17.9 Å². The molecule has 1 aromatic rings. The molecule has 104 valence electrons. The molecule has 0 aliphatic heterocycles. The van der Waals surface area contributed by atoms with Gasteiger partial charge in [0.2, 0.25) is 0 Å². The molecule has 0 aliphatic rings. The Balaban J connectivity index is 2.19. The number of ether oxygens (including phenoxy) is 1. The van der Waals surface area contributed by atoms with E-state index in [-0.39, 0.29) is 13.2 Å². The second-order valence-corrected chi connectivity index (χ2v) is 4.77. The van der Waals surface area contributed by atoms with Gasteiger partial charge in [-0.1, -0.05) is 6.92 Å². The van der Waals surface area contributed by atoms with Crippen LogP contribution in [0.2, 0.25) is 0 Å². The summed E-state index contributed by atoms with van der Waals surface area (Å²) in [4.78, 5) is 4.27. The lowest BCUT2D eigenvalue weighted by Gasteiger charge is -2.05. The van der Waals surface area contributed by atoms with E-state index in [0.717, 1.165) is 18.0 Å². The highest BCUT2D eigenvalue weighted by molar-refractivity contribution is 7.09. The highest BCUT2D eigenvalue weighted by Gasteiger charge is 2.26. The number of hydrogen-bond acceptors (Lipinski definition) is 4. The standard InChI is InChI=1S/C11H17F3N2OS/c1-2-4-15-6-10-16-9(8-18-10)7-17-5-3-11(12,13)14/h8,15H,2-7H2,1H3. The molecule has 1 heterocycles. The monoisotopic (exact) mass is 282 g/mol. The number of alkyl halides is 3. The van der Waals surface area contributed by atoms with E-state index in [2.05, 4.69) is 17.2 Å². The number of halogens is 3. The Labute approximate surface area is 108 Å². The minimum Gasteiger partial charge on any atom is -0.375 e. The first kappa shape index (κ1) is 15.4. The highest BCUT2D eigenvalue weighted by atomic mass is 32.1. The second-order valence-electron chi connectivity index (χ2n) is 3.83. The molecule has 1 N–H and O–H groups in total. The van der Waals surface area contributed by atoms with E-state index in [1.54, 1.807) is 0 Å². The average molecular weight is 282 g/mol. The highest BCUT2D eigenvalue weighted by Crippen LogP contribution is 2.19. The van der Waals surface area contributed by atoms with E-state index in [4.69, 9.17) is 4.74 Å². The second kappa shape index (κ2) is 7.70. The molecule has 0 saturated carbocycles. The van der Waals surface area contributed by atoms with Gasteiger partial charge in [-0.05, 0) is 13.0 Å². The molecule has 7 heteroatoms. The summed E-state index contributed by atoms with van der Waals surface area (Å²) in [6.45, 7) is 3.53. The summed E-state index contributed by atoms with van der Waals surface area (Å²) in [6, 6.07) is 0. The van der Waals surface area contributed by atoms with E-state index in [0.29, 0.717) is 12.2 Å². The zero-order valence-corrected chi connectivity index (χ0v) is 11.0. The van der Waals surface area contributed by atoms with Gasteiger partial charge < -0.3 is 10.1 Å². The molecule has 0 bridgehead atoms. The molecule has 0 fully saturated rings. The Hall–Kier alpha value is -0.660. The lowest BCUT2D eigenvalue weighted by atomic mass is 10.4. The number of nitrogens with zero attached hydrogens (tertiary/aromatic N) is 1. The van der Waals surface area contributed by atoms with Gasteiger partial charge in [0.25, 0.3) is 0 Å². The fourth-order valence-corrected chi connectivity index (χ4v) is 1.98. The Kier molecular flexibility index (Phi) is 6.59. The van der Waals surface area contributed by atoms with Crippen molar-refractivity contribution in [3.63, 3.8) is 0 Å². The summed E-state index contributed by atoms with van der Waals surface area (Å²) in [6.07, 6.45) is -4.02. The number of rotatable bonds is 8. The van der Waals surface area contributed by atoms with Crippen LogP contribution in [-0.4, -0.2) is 24.3 Å². The van der Waals surface area contributed by atoms with Gasteiger partial charge in [-0.3, -0.25) is 0 Å². The molecule has 0 unspecified atom stereocenters. The summed E-state index contributed by atoms with van der Waals surface area (Å²) < 4.78 is 40.5. The topological polar surface area (TPSA) is 34.2 Å². The molecule has 18 heavy (non-hydrogen) atoms. The number of hydrogen-bond donors (Lipinski definition) is 1. The van der Waals surface area contributed by atoms with Crippen LogP contribution in [0.4, 0.5) is 13.2 Å². The average Bonchev–Trinajstić information content (AvgIpc) is 2.72. The van der Waals surface area contributed by atoms with Crippen LogP contribution in [0.25, 0.3) is 0 Å². The Morgan fingerprint density at radius 3 is 2.89 bits per heavy atom. The fraction of sp³-hybridized carbons (Fsp3) is 0.727. The van der Waals surface area contributed by atoms with Gasteiger partial charge in [-0.2, -0.15) is 13.2 Å². The third-order valence-electron chi connectivity index (χ3n) is 2.08. The summed E-state index contributed by atoms with van der Waals surface area (Å²) in [5.41, 5.74) is 0.690. The molecule has 0 radical (unpaired) electrons. The van der Waals surface area contributed by atoms with Crippen LogP contribution in [0, 0.1) is 0 Å². The van der Waals surface area contributed by atoms with Gasteiger partial charge in [-0.15, -0.1) is 11.3 Å². The zero-order chi connectivity index (χ0) is 13.4. The first-order valence-electron chi connectivity index (χ1n) is 5.79. The first-order chi connectivity index (χ1) is 8.51. The lowest BCUT2D eigenvalue weighted by molar-refractivity contribution is -0.146. The predicted molar refractivity (Wildman–Crippen MR) is 64.4 cm³/mol. The predicted octanol–water partition coefficient (Wildman–Crippen LogP) is 3.11. The third-order valence-corrected chi connectivity index (χ3v) is 2.98. The minimum absolute atomic E-state index is 0.139. The number of aromatic nitrogens is 1. The van der Waals surface area contributed by atoms with Gasteiger partial charge in [0.15, 0.2) is 0 Å². The van der Waals surface area contributed by atoms with Crippen LogP contribution in [0.5, 0.6) is 0 Å². The van der Waals surface area contributed by atoms with Gasteiger partial charge in [0.05, 0.1) is 25.3 Å². The van der Waals surface area contributed by atoms with Crippen molar-refractivity contribution in [2.45, 2.75) is 39.1 Å². The molecule has 1 rings (SSSR count). The van der Waals surface area contributed by atoms with Crippen LogP contribution in [0.3, 0.4) is 0 Å². The SMILES string of the molecule is CCCNCc1nc(COCCC(F)(F)F)cs1. The molecule has 0 aromatic carbocycles. The molecule has 0 amide bonds. The van der Waals surface area contributed by atoms with Gasteiger partial charge >= 0.3 is 6.18 Å². The largest absolute Gasteiger partial charge is 0.391 e. The quantitative estimate of drug-likeness (QED) is 0.744. The first-order valence-corrected chi connectivity index (χ1v) is 6.67. The molecule has 3 nitrogen and oxygen atoms in total. The Morgan fingerprint density at radius 1 is 1.44 bits per heavy atom. The number of nitrogens with one attached hydrogen (secondary N) is 1. The number of thiazole rings is 1. The van der Waals surface area contributed by atoms with Crippen molar-refractivity contribution in [3.8, 4) is 0 Å². The Bertz CT molecular complexity index is 341. The van der Waals surface area contributed by atoms with Crippen molar-refractivity contribution in [1.29, 1.82) is 0 Å². The smallest absolute Gasteiger partial charge is 0.375 e. The molecular weight excluding hydrogens is 265 g/mol. The van der Waals surface area contributed by atoms with Crippen molar-refractivity contribution in [1.82, 2.24) is 10.3 Å². The van der Waals surface area contributed by atoms with Gasteiger partial charge in [-0.25, -0.2) is 4.98 Å². The van der Waals surface area contributed by atoms with Crippen LogP contribution >= 0.6 is 11.3 Å². The maximum Gasteiger partial charge on any atom is 0.391 e. The van der Waals surface area contributed by atoms with Crippen molar-refractivity contribution in [2.75, 3.05) is 13.2 Å². The van der Waals surface area contributed by atoms with E-state index in [9.17, 15) is 13.2 Å². The van der Waals surface area contributed by atoms with Crippen LogP contribution in [-0.2, 0) is 17.9 Å². The summed E-state index contributed by atoms with van der Waals surface area (Å²) in [7, 11) is 0. The van der Waals surface area contributed by atoms with E-state index >= 15 is 0 Å². The molecular formula is C11H17F3N2OS. The molecule has 1 aromatic heterocycles. The van der Waals surface area contributed by atoms with Crippen LogP contribution in [0.1, 0.15) is 30.5 Å². The van der Waals surface area contributed by atoms with Crippen molar-refractivity contribution in [2.24, 2.45) is 0 Å². The Morgan fingerprint density at radius 2 is 2.22 bits per heavy atom. The maximum absolute atomic E-state index is 11.9. The fourth-order valence-electron chi connectivity index (χ4n) is 1.23. The van der Waals surface area contributed by atoms with Crippen LogP contribution in [0.15, 0.2) is 5.38 Å². The normalized spacial score (nSPS) is 12.0. The molecule has 0 spiro atoms. The van der Waals surface area contributed by atoms with Gasteiger partial charge in [0.1, 0.15) is 5.01 Å². The minimum atomic E-state index is -4.16. The summed E-state index contributed by atoms with van der Waals surface area (Å²) >= 11 is 1.49. The maximum atomic E-state index is 11.9. The zero-order valence-electron chi connectivity index (χ0n) is 10.2. The summed E-state index contributed by atoms with van der Waals surface area (Å²) in [5.74, 6) is 0. The summed E-state index contributed by atoms with van der Waals surface area (Å²) in [5, 5.41) is 5.95.